The first-order chi connectivity index (χ1) is 16.1. The monoisotopic (exact) mass is 460 g/mol. The lowest BCUT2D eigenvalue weighted by Gasteiger charge is -2.11. The molecule has 1 saturated carbocycles. The summed E-state index contributed by atoms with van der Waals surface area (Å²) in [4.78, 5) is 17.2. The van der Waals surface area contributed by atoms with E-state index in [0.717, 1.165) is 28.7 Å². The predicted octanol–water partition coefficient (Wildman–Crippen LogP) is 4.72. The number of anilines is 1. The van der Waals surface area contributed by atoms with Crippen molar-refractivity contribution in [3.63, 3.8) is 0 Å². The lowest BCUT2D eigenvalue weighted by molar-refractivity contribution is -0.117. The van der Waals surface area contributed by atoms with Gasteiger partial charge in [-0.15, -0.1) is 10.2 Å². The molecule has 2 aromatic carbocycles. The standard InChI is InChI=1S/C24H21ClN6O2/c1-2-33-22-10-5-15(13-26-22)18-9-8-17(11-20(18)23-28-30-31-29-23)27-24(32)21-12-19(21)14-3-6-16(25)7-4-14/h3-11,13,19,21H,2,12H2,1H3,(H,27,32)(H,28,29,30,31). The Labute approximate surface area is 195 Å². The molecule has 1 aliphatic rings. The van der Waals surface area contributed by atoms with Crippen molar-refractivity contribution in [2.45, 2.75) is 19.3 Å². The first-order valence-electron chi connectivity index (χ1n) is 10.7. The third-order valence-corrected chi connectivity index (χ3v) is 5.89. The fourth-order valence-electron chi connectivity index (χ4n) is 3.91. The maximum Gasteiger partial charge on any atom is 0.228 e. The summed E-state index contributed by atoms with van der Waals surface area (Å²) in [7, 11) is 0. The van der Waals surface area contributed by atoms with Gasteiger partial charge in [0.1, 0.15) is 0 Å². The van der Waals surface area contributed by atoms with E-state index in [2.05, 4.69) is 30.9 Å². The second kappa shape index (κ2) is 8.99. The van der Waals surface area contributed by atoms with Crippen LogP contribution in [-0.2, 0) is 4.79 Å². The fraction of sp³-hybridized carbons (Fsp3) is 0.208. The van der Waals surface area contributed by atoms with Crippen LogP contribution in [0.2, 0.25) is 5.02 Å². The molecule has 1 amide bonds. The van der Waals surface area contributed by atoms with Crippen LogP contribution in [0, 0.1) is 5.92 Å². The average molecular weight is 461 g/mol. The number of amides is 1. The van der Waals surface area contributed by atoms with Crippen molar-refractivity contribution in [3.8, 4) is 28.4 Å². The number of carbonyl (C=O) groups excluding carboxylic acids is 1. The number of halogens is 1. The Morgan fingerprint density at radius 2 is 2.00 bits per heavy atom. The number of benzene rings is 2. The van der Waals surface area contributed by atoms with E-state index in [9.17, 15) is 4.79 Å². The molecule has 166 valence electrons. The van der Waals surface area contributed by atoms with E-state index in [0.29, 0.717) is 29.0 Å². The van der Waals surface area contributed by atoms with Gasteiger partial charge in [0.2, 0.25) is 17.6 Å². The summed E-state index contributed by atoms with van der Waals surface area (Å²) in [5, 5.41) is 18.2. The van der Waals surface area contributed by atoms with Crippen LogP contribution in [0.25, 0.3) is 22.5 Å². The lowest BCUT2D eigenvalue weighted by Crippen LogP contribution is -2.14. The van der Waals surface area contributed by atoms with E-state index in [-0.39, 0.29) is 17.7 Å². The summed E-state index contributed by atoms with van der Waals surface area (Å²) in [5.74, 6) is 1.14. The second-order valence-electron chi connectivity index (χ2n) is 7.80. The molecule has 2 atom stereocenters. The van der Waals surface area contributed by atoms with Crippen molar-refractivity contribution >= 4 is 23.2 Å². The zero-order valence-electron chi connectivity index (χ0n) is 17.8. The van der Waals surface area contributed by atoms with E-state index < -0.39 is 0 Å². The molecule has 0 aliphatic heterocycles. The van der Waals surface area contributed by atoms with Crippen LogP contribution >= 0.6 is 11.6 Å². The molecule has 1 fully saturated rings. The maximum absolute atomic E-state index is 12.9. The summed E-state index contributed by atoms with van der Waals surface area (Å²) >= 11 is 5.97. The second-order valence-corrected chi connectivity index (χ2v) is 8.24. The first kappa shape index (κ1) is 21.1. The summed E-state index contributed by atoms with van der Waals surface area (Å²) < 4.78 is 5.43. The molecule has 2 N–H and O–H groups in total. The molecular weight excluding hydrogens is 440 g/mol. The highest BCUT2D eigenvalue weighted by Crippen LogP contribution is 2.48. The summed E-state index contributed by atoms with van der Waals surface area (Å²) in [6.07, 6.45) is 2.56. The number of hydrogen-bond donors (Lipinski definition) is 2. The molecule has 2 heterocycles. The van der Waals surface area contributed by atoms with Crippen molar-refractivity contribution in [3.05, 3.63) is 71.4 Å². The Balaban J connectivity index is 1.37. The number of pyridine rings is 1. The zero-order chi connectivity index (χ0) is 22.8. The van der Waals surface area contributed by atoms with Gasteiger partial charge in [0.25, 0.3) is 0 Å². The Kier molecular flexibility index (Phi) is 5.75. The number of H-pyrrole nitrogens is 1. The molecule has 4 aromatic rings. The van der Waals surface area contributed by atoms with Gasteiger partial charge in [-0.1, -0.05) is 29.8 Å². The van der Waals surface area contributed by atoms with Crippen LogP contribution in [0.15, 0.2) is 60.8 Å². The van der Waals surface area contributed by atoms with Crippen LogP contribution < -0.4 is 10.1 Å². The number of rotatable bonds is 7. The number of carbonyl (C=O) groups is 1. The van der Waals surface area contributed by atoms with Crippen LogP contribution in [0.4, 0.5) is 5.69 Å². The smallest absolute Gasteiger partial charge is 0.228 e. The minimum atomic E-state index is -0.0604. The molecule has 2 aromatic heterocycles. The highest BCUT2D eigenvalue weighted by Gasteiger charge is 2.43. The SMILES string of the molecule is CCOc1ccc(-c2ccc(NC(=O)C3CC3c3ccc(Cl)cc3)cc2-c2nn[nH]n2)cn1. The van der Waals surface area contributed by atoms with Crippen LogP contribution in [0.3, 0.4) is 0 Å². The van der Waals surface area contributed by atoms with Gasteiger partial charge in [-0.3, -0.25) is 4.79 Å². The molecule has 0 bridgehead atoms. The summed E-state index contributed by atoms with van der Waals surface area (Å²) in [6.45, 7) is 2.46. The molecule has 9 heteroatoms. The molecule has 8 nitrogen and oxygen atoms in total. The topological polar surface area (TPSA) is 106 Å². The minimum Gasteiger partial charge on any atom is -0.478 e. The minimum absolute atomic E-state index is 0.00973. The van der Waals surface area contributed by atoms with Crippen molar-refractivity contribution in [2.75, 3.05) is 11.9 Å². The average Bonchev–Trinajstić information content (AvgIpc) is 3.45. The number of nitrogens with one attached hydrogen (secondary N) is 2. The van der Waals surface area contributed by atoms with Gasteiger partial charge < -0.3 is 10.1 Å². The summed E-state index contributed by atoms with van der Waals surface area (Å²) in [6, 6.07) is 17.1. The number of aromatic nitrogens is 5. The van der Waals surface area contributed by atoms with Gasteiger partial charge >= 0.3 is 0 Å². The Morgan fingerprint density at radius 3 is 2.70 bits per heavy atom. The normalized spacial score (nSPS) is 16.9. The highest BCUT2D eigenvalue weighted by molar-refractivity contribution is 6.30. The third kappa shape index (κ3) is 4.56. The Hall–Kier alpha value is -3.78. The molecule has 0 saturated heterocycles. The van der Waals surface area contributed by atoms with E-state index in [1.54, 1.807) is 6.20 Å². The van der Waals surface area contributed by atoms with Crippen molar-refractivity contribution in [1.82, 2.24) is 25.6 Å². The van der Waals surface area contributed by atoms with Gasteiger partial charge in [-0.25, -0.2) is 4.98 Å². The van der Waals surface area contributed by atoms with Gasteiger partial charge in [0.15, 0.2) is 0 Å². The molecule has 0 spiro atoms. The van der Waals surface area contributed by atoms with Crippen LogP contribution in [0.1, 0.15) is 24.8 Å². The molecule has 5 rings (SSSR count). The van der Waals surface area contributed by atoms with Gasteiger partial charge in [-0.2, -0.15) is 5.21 Å². The van der Waals surface area contributed by atoms with Crippen molar-refractivity contribution in [2.24, 2.45) is 5.92 Å². The van der Waals surface area contributed by atoms with Crippen molar-refractivity contribution in [1.29, 1.82) is 0 Å². The van der Waals surface area contributed by atoms with E-state index in [1.807, 2.05) is 61.5 Å². The zero-order valence-corrected chi connectivity index (χ0v) is 18.6. The molecule has 0 radical (unpaired) electrons. The highest BCUT2D eigenvalue weighted by atomic mass is 35.5. The molecular formula is C24H21ClN6O2. The third-order valence-electron chi connectivity index (χ3n) is 5.64. The number of tetrazole rings is 1. The maximum atomic E-state index is 12.9. The summed E-state index contributed by atoms with van der Waals surface area (Å²) in [5.41, 5.74) is 4.28. The number of hydrogen-bond acceptors (Lipinski definition) is 6. The number of aromatic amines is 1. The molecule has 33 heavy (non-hydrogen) atoms. The van der Waals surface area contributed by atoms with E-state index >= 15 is 0 Å². The van der Waals surface area contributed by atoms with Gasteiger partial charge in [-0.05, 0) is 65.9 Å². The molecule has 2 unspecified atom stereocenters. The van der Waals surface area contributed by atoms with Crippen LogP contribution in [0.5, 0.6) is 5.88 Å². The Bertz CT molecular complexity index is 1260. The van der Waals surface area contributed by atoms with Gasteiger partial charge in [0.05, 0.1) is 6.61 Å². The van der Waals surface area contributed by atoms with E-state index in [4.69, 9.17) is 16.3 Å². The Morgan fingerprint density at radius 1 is 1.15 bits per heavy atom. The van der Waals surface area contributed by atoms with Crippen molar-refractivity contribution < 1.29 is 9.53 Å². The quantitative estimate of drug-likeness (QED) is 0.413. The van der Waals surface area contributed by atoms with E-state index in [1.165, 1.54) is 0 Å². The number of nitrogens with zero attached hydrogens (tertiary/aromatic N) is 4. The first-order valence-corrected chi connectivity index (χ1v) is 11.0. The number of ether oxygens (including phenoxy) is 1. The largest absolute Gasteiger partial charge is 0.478 e. The van der Waals surface area contributed by atoms with Crippen LogP contribution in [-0.4, -0.2) is 38.1 Å². The fourth-order valence-corrected chi connectivity index (χ4v) is 4.03. The lowest BCUT2D eigenvalue weighted by atomic mass is 9.99. The van der Waals surface area contributed by atoms with Gasteiger partial charge in [0, 0.05) is 40.0 Å². The molecule has 1 aliphatic carbocycles. The predicted molar refractivity (Wildman–Crippen MR) is 125 cm³/mol.